The molecule has 0 spiro atoms. The first-order chi connectivity index (χ1) is 17.2. The fourth-order valence-corrected chi connectivity index (χ4v) is 6.04. The zero-order valence-corrected chi connectivity index (χ0v) is 19.5. The van der Waals surface area contributed by atoms with Gasteiger partial charge in [0, 0.05) is 38.7 Å². The van der Waals surface area contributed by atoms with Crippen molar-refractivity contribution in [3.05, 3.63) is 96.7 Å². The highest BCUT2D eigenvalue weighted by molar-refractivity contribution is 6.33. The van der Waals surface area contributed by atoms with E-state index in [9.17, 15) is 0 Å². The number of hydrogen-bond acceptors (Lipinski definition) is 2. The summed E-state index contributed by atoms with van der Waals surface area (Å²) in [5.74, 6) is 0.410. The van der Waals surface area contributed by atoms with Crippen molar-refractivity contribution in [1.29, 1.82) is 0 Å². The van der Waals surface area contributed by atoms with Crippen molar-refractivity contribution >= 4 is 60.0 Å². The predicted octanol–water partition coefficient (Wildman–Crippen LogP) is 8.92. The van der Waals surface area contributed by atoms with Crippen LogP contribution >= 0.6 is 0 Å². The SMILES string of the molecule is CC(C)c1cccc2oc3c(cc4c5ccccc5n5c6ccc(-c7ccccn7)cc6c3c45)c12. The largest absolute Gasteiger partial charge is 0.455 e. The average molecular weight is 451 g/mol. The number of benzene rings is 4. The first-order valence-corrected chi connectivity index (χ1v) is 12.2. The minimum absolute atomic E-state index is 0.410. The molecule has 8 aromatic rings. The van der Waals surface area contributed by atoms with Crippen molar-refractivity contribution < 1.29 is 4.42 Å². The summed E-state index contributed by atoms with van der Waals surface area (Å²) >= 11 is 0. The molecule has 8 rings (SSSR count). The predicted molar refractivity (Wildman–Crippen MR) is 146 cm³/mol. The Morgan fingerprint density at radius 2 is 1.57 bits per heavy atom. The van der Waals surface area contributed by atoms with E-state index in [-0.39, 0.29) is 0 Å². The van der Waals surface area contributed by atoms with Crippen LogP contribution in [0.4, 0.5) is 0 Å². The number of para-hydroxylation sites is 1. The Morgan fingerprint density at radius 3 is 2.43 bits per heavy atom. The van der Waals surface area contributed by atoms with Crippen LogP contribution in [0.3, 0.4) is 0 Å². The Labute approximate surface area is 201 Å². The van der Waals surface area contributed by atoms with Crippen molar-refractivity contribution in [2.75, 3.05) is 0 Å². The lowest BCUT2D eigenvalue weighted by Crippen LogP contribution is -1.87. The Morgan fingerprint density at radius 1 is 0.714 bits per heavy atom. The zero-order valence-electron chi connectivity index (χ0n) is 19.5. The van der Waals surface area contributed by atoms with Gasteiger partial charge in [-0.1, -0.05) is 56.3 Å². The Bertz CT molecular complexity index is 2080. The number of furan rings is 1. The average Bonchev–Trinajstić information content (AvgIpc) is 3.54. The summed E-state index contributed by atoms with van der Waals surface area (Å²) in [6.45, 7) is 4.51. The molecule has 3 nitrogen and oxygen atoms in total. The third-order valence-electron chi connectivity index (χ3n) is 7.54. The van der Waals surface area contributed by atoms with E-state index in [0.29, 0.717) is 5.92 Å². The number of fused-ring (bicyclic) bond motifs is 10. The molecule has 0 N–H and O–H groups in total. The van der Waals surface area contributed by atoms with Gasteiger partial charge in [-0.3, -0.25) is 4.98 Å². The third kappa shape index (κ3) is 2.37. The highest BCUT2D eigenvalue weighted by Crippen LogP contribution is 2.47. The molecule has 0 saturated heterocycles. The van der Waals surface area contributed by atoms with Gasteiger partial charge < -0.3 is 8.82 Å². The summed E-state index contributed by atoms with van der Waals surface area (Å²) in [6, 6.07) is 30.3. The lowest BCUT2D eigenvalue weighted by molar-refractivity contribution is 0.672. The number of nitrogens with zero attached hydrogens (tertiary/aromatic N) is 2. The van der Waals surface area contributed by atoms with Crippen LogP contribution in [0.15, 0.2) is 95.5 Å². The van der Waals surface area contributed by atoms with E-state index >= 15 is 0 Å². The maximum Gasteiger partial charge on any atom is 0.145 e. The number of rotatable bonds is 2. The standard InChI is InChI=1S/C32H22N2O/c1-18(2)20-9-7-12-28-29(20)24-17-22-21-8-3-4-11-26(21)34-27-14-13-19(25-10-5-6-15-33-25)16-23(27)30(31(22)34)32(24)35-28/h3-18H,1-2H3. The van der Waals surface area contributed by atoms with E-state index in [1.807, 2.05) is 18.3 Å². The van der Waals surface area contributed by atoms with Crippen molar-refractivity contribution in [3.63, 3.8) is 0 Å². The molecule has 0 aliphatic heterocycles. The van der Waals surface area contributed by atoms with E-state index in [1.54, 1.807) is 0 Å². The van der Waals surface area contributed by atoms with Crippen molar-refractivity contribution in [1.82, 2.24) is 9.38 Å². The van der Waals surface area contributed by atoms with Crippen LogP contribution in [0.25, 0.3) is 71.3 Å². The maximum absolute atomic E-state index is 6.68. The van der Waals surface area contributed by atoms with Crippen LogP contribution < -0.4 is 0 Å². The van der Waals surface area contributed by atoms with E-state index in [0.717, 1.165) is 22.4 Å². The van der Waals surface area contributed by atoms with Gasteiger partial charge in [0.25, 0.3) is 0 Å². The molecule has 0 bridgehead atoms. The minimum atomic E-state index is 0.410. The van der Waals surface area contributed by atoms with Gasteiger partial charge in [-0.15, -0.1) is 0 Å². The Balaban J connectivity index is 1.65. The second-order valence-electron chi connectivity index (χ2n) is 9.80. The van der Waals surface area contributed by atoms with Gasteiger partial charge in [0.05, 0.1) is 27.6 Å². The van der Waals surface area contributed by atoms with Gasteiger partial charge >= 0.3 is 0 Å². The van der Waals surface area contributed by atoms with Gasteiger partial charge in [-0.05, 0) is 53.9 Å². The second kappa shape index (κ2) is 6.61. The van der Waals surface area contributed by atoms with Crippen molar-refractivity contribution in [3.8, 4) is 11.3 Å². The molecule has 4 aromatic heterocycles. The van der Waals surface area contributed by atoms with E-state index in [1.165, 1.54) is 54.4 Å². The highest BCUT2D eigenvalue weighted by Gasteiger charge is 2.24. The van der Waals surface area contributed by atoms with Crippen LogP contribution in [0.2, 0.25) is 0 Å². The van der Waals surface area contributed by atoms with Gasteiger partial charge in [0.1, 0.15) is 11.2 Å². The van der Waals surface area contributed by atoms with E-state index < -0.39 is 0 Å². The molecule has 0 unspecified atom stereocenters. The summed E-state index contributed by atoms with van der Waals surface area (Å²) in [7, 11) is 0. The van der Waals surface area contributed by atoms with Crippen LogP contribution in [0.1, 0.15) is 25.3 Å². The molecule has 0 atom stereocenters. The lowest BCUT2D eigenvalue weighted by Gasteiger charge is -2.06. The topological polar surface area (TPSA) is 30.4 Å². The molecule has 0 saturated carbocycles. The fourth-order valence-electron chi connectivity index (χ4n) is 6.04. The molecule has 3 heteroatoms. The van der Waals surface area contributed by atoms with Crippen molar-refractivity contribution in [2.24, 2.45) is 0 Å². The van der Waals surface area contributed by atoms with Gasteiger partial charge in [0.2, 0.25) is 0 Å². The van der Waals surface area contributed by atoms with E-state index in [2.05, 4.69) is 96.0 Å². The molecule has 0 aliphatic rings. The monoisotopic (exact) mass is 450 g/mol. The molecule has 4 heterocycles. The molecule has 35 heavy (non-hydrogen) atoms. The van der Waals surface area contributed by atoms with Crippen molar-refractivity contribution in [2.45, 2.75) is 19.8 Å². The van der Waals surface area contributed by atoms with E-state index in [4.69, 9.17) is 4.42 Å². The number of aromatic nitrogens is 2. The summed E-state index contributed by atoms with van der Waals surface area (Å²) in [6.07, 6.45) is 1.85. The second-order valence-corrected chi connectivity index (χ2v) is 9.80. The summed E-state index contributed by atoms with van der Waals surface area (Å²) in [5, 5.41) is 7.39. The van der Waals surface area contributed by atoms with Gasteiger partial charge in [0.15, 0.2) is 0 Å². The third-order valence-corrected chi connectivity index (χ3v) is 7.54. The fraction of sp³-hybridized carbons (Fsp3) is 0.0938. The van der Waals surface area contributed by atoms with Crippen LogP contribution in [0, 0.1) is 0 Å². The first kappa shape index (κ1) is 19.0. The summed E-state index contributed by atoms with van der Waals surface area (Å²) in [5.41, 5.74) is 9.02. The normalized spacial score (nSPS) is 12.5. The number of pyridine rings is 1. The molecule has 166 valence electrons. The summed E-state index contributed by atoms with van der Waals surface area (Å²) in [4.78, 5) is 4.61. The van der Waals surface area contributed by atoms with Crippen LogP contribution in [-0.4, -0.2) is 9.38 Å². The van der Waals surface area contributed by atoms with Crippen LogP contribution in [0.5, 0.6) is 0 Å². The molecule has 0 radical (unpaired) electrons. The Hall–Kier alpha value is -4.37. The summed E-state index contributed by atoms with van der Waals surface area (Å²) < 4.78 is 9.09. The molecule has 0 aliphatic carbocycles. The van der Waals surface area contributed by atoms with Crippen LogP contribution in [-0.2, 0) is 0 Å². The van der Waals surface area contributed by atoms with Gasteiger partial charge in [-0.25, -0.2) is 0 Å². The Kier molecular flexibility index (Phi) is 3.58. The first-order valence-electron chi connectivity index (χ1n) is 12.2. The molecule has 0 fully saturated rings. The minimum Gasteiger partial charge on any atom is -0.455 e. The quantitative estimate of drug-likeness (QED) is 0.263. The molecular formula is C32H22N2O. The molecule has 4 aromatic carbocycles. The lowest BCUT2D eigenvalue weighted by atomic mass is 9.95. The smallest absolute Gasteiger partial charge is 0.145 e. The molecular weight excluding hydrogens is 428 g/mol. The molecule has 0 amide bonds. The van der Waals surface area contributed by atoms with Gasteiger partial charge in [-0.2, -0.15) is 0 Å². The zero-order chi connectivity index (χ0) is 23.3. The number of hydrogen-bond donors (Lipinski definition) is 0. The maximum atomic E-state index is 6.68. The highest BCUT2D eigenvalue weighted by atomic mass is 16.3.